The van der Waals surface area contributed by atoms with Gasteiger partial charge in [0.05, 0.1) is 6.04 Å². The normalized spacial score (nSPS) is 14.1. The highest BCUT2D eigenvalue weighted by atomic mass is 16.2. The molecular formula is C14H22N2O. The molecule has 17 heavy (non-hydrogen) atoms. The van der Waals surface area contributed by atoms with Crippen molar-refractivity contribution in [2.75, 3.05) is 0 Å². The molecule has 0 spiro atoms. The molecule has 1 rings (SSSR count). The van der Waals surface area contributed by atoms with Gasteiger partial charge in [-0.15, -0.1) is 0 Å². The van der Waals surface area contributed by atoms with Crippen LogP contribution in [0, 0.1) is 0 Å². The fraction of sp³-hybridized carbons (Fsp3) is 0.500. The van der Waals surface area contributed by atoms with Gasteiger partial charge in [0.25, 0.3) is 0 Å². The molecular weight excluding hydrogens is 212 g/mol. The van der Waals surface area contributed by atoms with Crippen LogP contribution < -0.4 is 11.1 Å². The second-order valence-corrected chi connectivity index (χ2v) is 4.49. The smallest absolute Gasteiger partial charge is 0.237 e. The van der Waals surface area contributed by atoms with E-state index in [-0.39, 0.29) is 11.9 Å². The van der Waals surface area contributed by atoms with Crippen LogP contribution in [-0.4, -0.2) is 18.0 Å². The third kappa shape index (κ3) is 5.00. The third-order valence-corrected chi connectivity index (χ3v) is 2.75. The molecule has 0 radical (unpaired) electrons. The van der Waals surface area contributed by atoms with Gasteiger partial charge in [-0.25, -0.2) is 0 Å². The minimum absolute atomic E-state index is 0.0604. The van der Waals surface area contributed by atoms with E-state index in [1.807, 2.05) is 37.3 Å². The van der Waals surface area contributed by atoms with E-state index in [1.54, 1.807) is 0 Å². The Morgan fingerprint density at radius 2 is 2.00 bits per heavy atom. The van der Waals surface area contributed by atoms with Gasteiger partial charge in [-0.05, 0) is 25.3 Å². The fourth-order valence-corrected chi connectivity index (χ4v) is 1.82. The topological polar surface area (TPSA) is 55.1 Å². The number of nitrogens with one attached hydrogen (secondary N) is 1. The molecule has 1 amide bonds. The Morgan fingerprint density at radius 3 is 2.59 bits per heavy atom. The minimum atomic E-state index is -0.461. The first-order valence-corrected chi connectivity index (χ1v) is 6.23. The summed E-state index contributed by atoms with van der Waals surface area (Å²) in [5, 5.41) is 2.94. The Labute approximate surface area is 103 Å². The summed E-state index contributed by atoms with van der Waals surface area (Å²) in [7, 11) is 0. The lowest BCUT2D eigenvalue weighted by atomic mass is 10.1. The fourth-order valence-electron chi connectivity index (χ4n) is 1.82. The zero-order chi connectivity index (χ0) is 12.7. The second kappa shape index (κ2) is 7.07. The number of hydrogen-bond donors (Lipinski definition) is 2. The lowest BCUT2D eigenvalue weighted by molar-refractivity contribution is -0.123. The van der Waals surface area contributed by atoms with E-state index in [0.29, 0.717) is 6.42 Å². The number of rotatable bonds is 6. The van der Waals surface area contributed by atoms with E-state index in [2.05, 4.69) is 12.2 Å². The van der Waals surface area contributed by atoms with Gasteiger partial charge < -0.3 is 11.1 Å². The summed E-state index contributed by atoms with van der Waals surface area (Å²) >= 11 is 0. The molecule has 0 fully saturated rings. The van der Waals surface area contributed by atoms with Crippen molar-refractivity contribution in [3.63, 3.8) is 0 Å². The van der Waals surface area contributed by atoms with Crippen LogP contribution in [0.1, 0.15) is 32.3 Å². The maximum Gasteiger partial charge on any atom is 0.237 e. The Kier molecular flexibility index (Phi) is 5.70. The molecule has 3 nitrogen and oxygen atoms in total. The van der Waals surface area contributed by atoms with Gasteiger partial charge >= 0.3 is 0 Å². The van der Waals surface area contributed by atoms with Gasteiger partial charge in [0, 0.05) is 6.04 Å². The molecule has 0 aliphatic heterocycles. The first kappa shape index (κ1) is 13.7. The van der Waals surface area contributed by atoms with E-state index < -0.39 is 6.04 Å². The molecule has 0 saturated carbocycles. The molecule has 3 heteroatoms. The second-order valence-electron chi connectivity index (χ2n) is 4.49. The summed E-state index contributed by atoms with van der Waals surface area (Å²) < 4.78 is 0. The van der Waals surface area contributed by atoms with E-state index in [4.69, 9.17) is 5.73 Å². The Balaban J connectivity index is 2.42. The summed E-state index contributed by atoms with van der Waals surface area (Å²) in [6, 6.07) is 9.59. The zero-order valence-electron chi connectivity index (χ0n) is 10.6. The van der Waals surface area contributed by atoms with Crippen LogP contribution in [0.2, 0.25) is 0 Å². The van der Waals surface area contributed by atoms with E-state index in [1.165, 1.54) is 0 Å². The van der Waals surface area contributed by atoms with Gasteiger partial charge in [-0.3, -0.25) is 4.79 Å². The predicted octanol–water partition coefficient (Wildman–Crippen LogP) is 1.86. The molecule has 0 bridgehead atoms. The highest BCUT2D eigenvalue weighted by Crippen LogP contribution is 2.02. The summed E-state index contributed by atoms with van der Waals surface area (Å²) in [5.74, 6) is -0.0604. The zero-order valence-corrected chi connectivity index (χ0v) is 10.6. The lowest BCUT2D eigenvalue weighted by Gasteiger charge is -2.17. The number of carbonyl (C=O) groups is 1. The van der Waals surface area contributed by atoms with Crippen LogP contribution in [0.25, 0.3) is 0 Å². The number of carbonyl (C=O) groups excluding carboxylic acids is 1. The van der Waals surface area contributed by atoms with Crippen molar-refractivity contribution < 1.29 is 4.79 Å². The monoisotopic (exact) mass is 234 g/mol. The Morgan fingerprint density at radius 1 is 1.35 bits per heavy atom. The third-order valence-electron chi connectivity index (χ3n) is 2.75. The van der Waals surface area contributed by atoms with Crippen LogP contribution in [0.4, 0.5) is 0 Å². The molecule has 0 saturated heterocycles. The van der Waals surface area contributed by atoms with Gasteiger partial charge in [0.1, 0.15) is 0 Å². The van der Waals surface area contributed by atoms with Crippen LogP contribution in [0.15, 0.2) is 30.3 Å². The molecule has 0 heterocycles. The van der Waals surface area contributed by atoms with E-state index >= 15 is 0 Å². The lowest BCUT2D eigenvalue weighted by Crippen LogP contribution is -2.45. The molecule has 0 aromatic heterocycles. The van der Waals surface area contributed by atoms with E-state index in [0.717, 1.165) is 18.4 Å². The highest BCUT2D eigenvalue weighted by molar-refractivity contribution is 5.82. The van der Waals surface area contributed by atoms with Gasteiger partial charge in [-0.1, -0.05) is 43.7 Å². The first-order valence-electron chi connectivity index (χ1n) is 6.23. The van der Waals surface area contributed by atoms with Gasteiger partial charge in [0.15, 0.2) is 0 Å². The number of nitrogens with two attached hydrogens (primary N) is 1. The van der Waals surface area contributed by atoms with Crippen molar-refractivity contribution in [2.24, 2.45) is 5.73 Å². The summed E-state index contributed by atoms with van der Waals surface area (Å²) in [4.78, 5) is 11.8. The SMILES string of the molecule is CCCC(C)NC(=O)[C@H](N)Cc1ccccc1. The van der Waals surface area contributed by atoms with Gasteiger partial charge in [-0.2, -0.15) is 0 Å². The summed E-state index contributed by atoms with van der Waals surface area (Å²) in [6.07, 6.45) is 2.64. The molecule has 1 unspecified atom stereocenters. The molecule has 94 valence electrons. The van der Waals surface area contributed by atoms with Crippen molar-refractivity contribution >= 4 is 5.91 Å². The summed E-state index contributed by atoms with van der Waals surface area (Å²) in [6.45, 7) is 4.11. The Bertz CT molecular complexity index is 337. The molecule has 0 aliphatic rings. The van der Waals surface area contributed by atoms with Crippen molar-refractivity contribution in [1.82, 2.24) is 5.32 Å². The van der Waals surface area contributed by atoms with Gasteiger partial charge in [0.2, 0.25) is 5.91 Å². The molecule has 2 atom stereocenters. The largest absolute Gasteiger partial charge is 0.352 e. The number of hydrogen-bond acceptors (Lipinski definition) is 2. The highest BCUT2D eigenvalue weighted by Gasteiger charge is 2.15. The average molecular weight is 234 g/mol. The van der Waals surface area contributed by atoms with Crippen molar-refractivity contribution in [3.8, 4) is 0 Å². The maximum atomic E-state index is 11.8. The quantitative estimate of drug-likeness (QED) is 0.789. The summed E-state index contributed by atoms with van der Waals surface area (Å²) in [5.41, 5.74) is 6.98. The average Bonchev–Trinajstić information content (AvgIpc) is 2.30. The van der Waals surface area contributed by atoms with E-state index in [9.17, 15) is 4.79 Å². The van der Waals surface area contributed by atoms with Crippen molar-refractivity contribution in [3.05, 3.63) is 35.9 Å². The first-order chi connectivity index (χ1) is 8.13. The number of amides is 1. The van der Waals surface area contributed by atoms with Crippen LogP contribution in [0.5, 0.6) is 0 Å². The standard InChI is InChI=1S/C14H22N2O/c1-3-7-11(2)16-14(17)13(15)10-12-8-5-4-6-9-12/h4-6,8-9,11,13H,3,7,10,15H2,1-2H3,(H,16,17)/t11?,13-/m1/s1. The molecule has 1 aromatic rings. The van der Waals surface area contributed by atoms with Crippen LogP contribution in [-0.2, 0) is 11.2 Å². The Hall–Kier alpha value is -1.35. The van der Waals surface area contributed by atoms with Crippen LogP contribution in [0.3, 0.4) is 0 Å². The minimum Gasteiger partial charge on any atom is -0.352 e. The molecule has 1 aromatic carbocycles. The van der Waals surface area contributed by atoms with Crippen molar-refractivity contribution in [1.29, 1.82) is 0 Å². The number of benzene rings is 1. The maximum absolute atomic E-state index is 11.8. The molecule has 0 aliphatic carbocycles. The predicted molar refractivity (Wildman–Crippen MR) is 70.6 cm³/mol. The van der Waals surface area contributed by atoms with Crippen molar-refractivity contribution in [2.45, 2.75) is 45.2 Å². The molecule has 3 N–H and O–H groups in total. The van der Waals surface area contributed by atoms with Crippen LogP contribution >= 0.6 is 0 Å².